The summed E-state index contributed by atoms with van der Waals surface area (Å²) in [5.41, 5.74) is 2.13. The number of amides is 2. The van der Waals surface area contributed by atoms with E-state index in [0.717, 1.165) is 23.3 Å². The highest BCUT2D eigenvalue weighted by Gasteiger charge is 2.31. The van der Waals surface area contributed by atoms with E-state index in [1.165, 1.54) is 0 Å². The molecule has 0 aliphatic carbocycles. The third-order valence-corrected chi connectivity index (χ3v) is 6.26. The predicted molar refractivity (Wildman–Crippen MR) is 134 cm³/mol. The first-order chi connectivity index (χ1) is 17.4. The first-order valence-electron chi connectivity index (χ1n) is 12.1. The van der Waals surface area contributed by atoms with Crippen LogP contribution in [0.2, 0.25) is 0 Å². The lowest BCUT2D eigenvalue weighted by atomic mass is 10.1. The molecule has 1 fully saturated rings. The van der Waals surface area contributed by atoms with Crippen molar-refractivity contribution in [3.05, 3.63) is 77.4 Å². The smallest absolute Gasteiger partial charge is 0.244 e. The van der Waals surface area contributed by atoms with Crippen LogP contribution < -0.4 is 4.74 Å². The number of hydrogen-bond acceptors (Lipinski definition) is 6. The third-order valence-electron chi connectivity index (χ3n) is 6.26. The van der Waals surface area contributed by atoms with Crippen molar-refractivity contribution in [1.82, 2.24) is 24.6 Å². The molecule has 9 nitrogen and oxygen atoms in total. The molecule has 2 heterocycles. The molecule has 4 rings (SSSR count). The summed E-state index contributed by atoms with van der Waals surface area (Å²) in [5.74, 6) is 1.76. The summed E-state index contributed by atoms with van der Waals surface area (Å²) in [5, 5.41) is 4.30. The van der Waals surface area contributed by atoms with Crippen LogP contribution >= 0.6 is 0 Å². The van der Waals surface area contributed by atoms with Gasteiger partial charge in [-0.1, -0.05) is 42.5 Å². The van der Waals surface area contributed by atoms with Gasteiger partial charge in [0.25, 0.3) is 0 Å². The Morgan fingerprint density at radius 3 is 2.56 bits per heavy atom. The molecular weight excluding hydrogens is 458 g/mol. The van der Waals surface area contributed by atoms with Gasteiger partial charge in [-0.15, -0.1) is 0 Å². The number of benzene rings is 2. The molecule has 1 saturated heterocycles. The molecule has 190 valence electrons. The van der Waals surface area contributed by atoms with E-state index < -0.39 is 0 Å². The molecule has 36 heavy (non-hydrogen) atoms. The predicted octanol–water partition coefficient (Wildman–Crippen LogP) is 2.40. The highest BCUT2D eigenvalue weighted by atomic mass is 16.5. The Hall–Kier alpha value is -3.72. The molecule has 0 saturated carbocycles. The zero-order chi connectivity index (χ0) is 25.5. The highest BCUT2D eigenvalue weighted by molar-refractivity contribution is 5.85. The molecule has 1 aliphatic rings. The molecule has 3 aromatic rings. The summed E-state index contributed by atoms with van der Waals surface area (Å²) in [6.07, 6.45) is 0.404. The van der Waals surface area contributed by atoms with E-state index in [2.05, 4.69) is 22.2 Å². The number of ether oxygens (including phenoxy) is 2. The first kappa shape index (κ1) is 25.4. The largest absolute Gasteiger partial charge is 0.497 e. The van der Waals surface area contributed by atoms with Gasteiger partial charge >= 0.3 is 0 Å². The Labute approximate surface area is 211 Å². The number of aryl methyl sites for hydroxylation is 2. The molecular formula is C27H33N5O4. The van der Waals surface area contributed by atoms with Gasteiger partial charge in [0.2, 0.25) is 11.8 Å². The van der Waals surface area contributed by atoms with E-state index in [1.54, 1.807) is 28.5 Å². The first-order valence-corrected chi connectivity index (χ1v) is 12.1. The average Bonchev–Trinajstić information content (AvgIpc) is 3.10. The molecule has 1 unspecified atom stereocenters. The number of aromatic nitrogens is 3. The maximum absolute atomic E-state index is 13.2. The summed E-state index contributed by atoms with van der Waals surface area (Å²) < 4.78 is 13.1. The molecule has 0 spiro atoms. The second kappa shape index (κ2) is 11.8. The summed E-state index contributed by atoms with van der Waals surface area (Å²) in [4.78, 5) is 34.1. The van der Waals surface area contributed by atoms with Gasteiger partial charge in [0, 0.05) is 19.6 Å². The second-order valence-electron chi connectivity index (χ2n) is 9.00. The maximum atomic E-state index is 13.2. The average molecular weight is 492 g/mol. The lowest BCUT2D eigenvalue weighted by Crippen LogP contribution is -2.41. The van der Waals surface area contributed by atoms with Gasteiger partial charge in [0.15, 0.2) is 0 Å². The van der Waals surface area contributed by atoms with Crippen molar-refractivity contribution in [1.29, 1.82) is 0 Å². The second-order valence-corrected chi connectivity index (χ2v) is 9.00. The number of hydrogen-bond donors (Lipinski definition) is 0. The van der Waals surface area contributed by atoms with Crippen LogP contribution in [-0.4, -0.2) is 75.8 Å². The fraction of sp³-hybridized carbons (Fsp3) is 0.407. The monoisotopic (exact) mass is 491 g/mol. The highest BCUT2D eigenvalue weighted by Crippen LogP contribution is 2.16. The number of carbonyl (C=O) groups is 2. The summed E-state index contributed by atoms with van der Waals surface area (Å²) in [7, 11) is 1.63. The van der Waals surface area contributed by atoms with E-state index in [-0.39, 0.29) is 31.0 Å². The normalized spacial score (nSPS) is 16.2. The SMILES string of the molecule is COc1cccc(COC2CN(CCc3ccccc3)C(=O)CN(C(=O)Cn3nc(C)nc3C)C2)c1. The van der Waals surface area contributed by atoms with Crippen LogP contribution in [0.25, 0.3) is 0 Å². The molecule has 0 bridgehead atoms. The Morgan fingerprint density at radius 2 is 1.83 bits per heavy atom. The number of methoxy groups -OCH3 is 1. The molecule has 2 aromatic carbocycles. The molecule has 1 aromatic heterocycles. The van der Waals surface area contributed by atoms with Gasteiger partial charge in [-0.05, 0) is 43.5 Å². The lowest BCUT2D eigenvalue weighted by Gasteiger charge is -2.25. The van der Waals surface area contributed by atoms with Crippen LogP contribution in [0.3, 0.4) is 0 Å². The molecule has 1 atom stereocenters. The molecule has 0 radical (unpaired) electrons. The zero-order valence-electron chi connectivity index (χ0n) is 21.1. The number of rotatable bonds is 9. The van der Waals surface area contributed by atoms with Crippen molar-refractivity contribution >= 4 is 11.8 Å². The van der Waals surface area contributed by atoms with Crippen LogP contribution in [-0.2, 0) is 33.9 Å². The minimum Gasteiger partial charge on any atom is -0.497 e. The topological polar surface area (TPSA) is 89.8 Å². The fourth-order valence-corrected chi connectivity index (χ4v) is 4.31. The van der Waals surface area contributed by atoms with E-state index >= 15 is 0 Å². The summed E-state index contributed by atoms with van der Waals surface area (Å²) in [6, 6.07) is 17.8. The third kappa shape index (κ3) is 6.69. The Bertz CT molecular complexity index is 1180. The zero-order valence-corrected chi connectivity index (χ0v) is 21.1. The van der Waals surface area contributed by atoms with Crippen LogP contribution in [0, 0.1) is 13.8 Å². The molecule has 2 amide bonds. The molecule has 0 N–H and O–H groups in total. The van der Waals surface area contributed by atoms with Gasteiger partial charge < -0.3 is 19.3 Å². The quantitative estimate of drug-likeness (QED) is 0.457. The van der Waals surface area contributed by atoms with Gasteiger partial charge in [-0.2, -0.15) is 5.10 Å². The minimum absolute atomic E-state index is 0.0133. The van der Waals surface area contributed by atoms with E-state index in [0.29, 0.717) is 37.9 Å². The van der Waals surface area contributed by atoms with Gasteiger partial charge in [-0.3, -0.25) is 9.59 Å². The Balaban J connectivity index is 1.47. The Morgan fingerprint density at radius 1 is 1.06 bits per heavy atom. The lowest BCUT2D eigenvalue weighted by molar-refractivity contribution is -0.139. The molecule has 9 heteroatoms. The fourth-order valence-electron chi connectivity index (χ4n) is 4.31. The van der Waals surface area contributed by atoms with E-state index in [9.17, 15) is 9.59 Å². The van der Waals surface area contributed by atoms with Gasteiger partial charge in [-0.25, -0.2) is 9.67 Å². The number of nitrogens with zero attached hydrogens (tertiary/aromatic N) is 5. The Kier molecular flexibility index (Phi) is 8.32. The van der Waals surface area contributed by atoms with E-state index in [1.807, 2.05) is 49.4 Å². The minimum atomic E-state index is -0.332. The van der Waals surface area contributed by atoms with Crippen LogP contribution in [0.15, 0.2) is 54.6 Å². The van der Waals surface area contributed by atoms with Crippen molar-refractivity contribution < 1.29 is 19.1 Å². The molecule has 1 aliphatic heterocycles. The van der Waals surface area contributed by atoms with Gasteiger partial charge in [0.05, 0.1) is 26.4 Å². The van der Waals surface area contributed by atoms with E-state index in [4.69, 9.17) is 9.47 Å². The van der Waals surface area contributed by atoms with Crippen molar-refractivity contribution in [2.75, 3.05) is 33.3 Å². The van der Waals surface area contributed by atoms with Gasteiger partial charge in [0.1, 0.15) is 23.9 Å². The van der Waals surface area contributed by atoms with Crippen molar-refractivity contribution in [2.45, 2.75) is 39.5 Å². The van der Waals surface area contributed by atoms with Crippen LogP contribution in [0.4, 0.5) is 0 Å². The van der Waals surface area contributed by atoms with Crippen molar-refractivity contribution in [3.8, 4) is 5.75 Å². The number of carbonyl (C=O) groups excluding carboxylic acids is 2. The van der Waals surface area contributed by atoms with Crippen LogP contribution in [0.5, 0.6) is 5.75 Å². The van der Waals surface area contributed by atoms with Crippen molar-refractivity contribution in [3.63, 3.8) is 0 Å². The van der Waals surface area contributed by atoms with Crippen LogP contribution in [0.1, 0.15) is 22.8 Å². The van der Waals surface area contributed by atoms with Crippen molar-refractivity contribution in [2.24, 2.45) is 0 Å². The summed E-state index contributed by atoms with van der Waals surface area (Å²) in [6.45, 7) is 5.30. The summed E-state index contributed by atoms with van der Waals surface area (Å²) >= 11 is 0. The maximum Gasteiger partial charge on any atom is 0.244 e. The standard InChI is InChI=1S/C27H33N5O4/c1-20-28-21(2)32(29-20)18-27(34)31-16-25(36-19-23-10-7-11-24(14-23)35-3)15-30(26(33)17-31)13-12-22-8-5-4-6-9-22/h4-11,14,25H,12-13,15-19H2,1-3H3.